The fourth-order valence-corrected chi connectivity index (χ4v) is 6.98. The molecule has 0 saturated carbocycles. The molecule has 8 rings (SSSR count). The Balaban J connectivity index is 0.888. The van der Waals surface area contributed by atoms with Gasteiger partial charge in [-0.25, -0.2) is 4.21 Å². The number of nitrogens with one attached hydrogen (secondary N) is 4. The molecule has 0 spiro atoms. The zero-order chi connectivity index (χ0) is 40.9. The van der Waals surface area contributed by atoms with E-state index in [1.165, 1.54) is 16.7 Å². The van der Waals surface area contributed by atoms with Crippen LogP contribution < -0.4 is 21.3 Å². The Kier molecular flexibility index (Phi) is 12.8. The van der Waals surface area contributed by atoms with Crippen molar-refractivity contribution in [3.63, 3.8) is 0 Å². The first kappa shape index (κ1) is 39.5. The molecular weight excluding hydrogens is 769 g/mol. The molecule has 0 saturated heterocycles. The maximum Gasteiger partial charge on any atom is 0.232 e. The number of aryl methyl sites for hydroxylation is 4. The van der Waals surface area contributed by atoms with Gasteiger partial charge < -0.3 is 25.8 Å². The topological polar surface area (TPSA) is 163 Å². The summed E-state index contributed by atoms with van der Waals surface area (Å²) in [6.45, 7) is 0. The van der Waals surface area contributed by atoms with Crippen molar-refractivity contribution in [2.45, 2.75) is 37.0 Å². The molecule has 8 aromatic rings. The predicted octanol–water partition coefficient (Wildman–Crippen LogP) is 9.77. The summed E-state index contributed by atoms with van der Waals surface area (Å²) >= 11 is -2.18. The van der Waals surface area contributed by atoms with Gasteiger partial charge >= 0.3 is 0 Å². The summed E-state index contributed by atoms with van der Waals surface area (Å²) in [6.07, 6.45) is 3.54. The van der Waals surface area contributed by atoms with Crippen LogP contribution in [0, 0.1) is 0 Å². The van der Waals surface area contributed by atoms with E-state index in [1.54, 1.807) is 24.3 Å². The van der Waals surface area contributed by atoms with E-state index in [0.29, 0.717) is 48.0 Å². The molecule has 2 heterocycles. The van der Waals surface area contributed by atoms with E-state index in [4.69, 9.17) is 15.0 Å². The Morgan fingerprint density at radius 3 is 1.13 bits per heavy atom. The van der Waals surface area contributed by atoms with Gasteiger partial charge in [-0.15, -0.1) is 0 Å². The molecule has 1 unspecified atom stereocenters. The summed E-state index contributed by atoms with van der Waals surface area (Å²) in [7, 11) is 0. The van der Waals surface area contributed by atoms with E-state index in [1.807, 2.05) is 91.0 Å². The number of hydrogen-bond donors (Lipinski definition) is 5. The molecule has 0 radical (unpaired) electrons. The van der Waals surface area contributed by atoms with E-state index in [9.17, 15) is 8.76 Å². The molecule has 0 aliphatic heterocycles. The van der Waals surface area contributed by atoms with Gasteiger partial charge in [0.05, 0.1) is 10.6 Å². The van der Waals surface area contributed by atoms with Crippen molar-refractivity contribution in [1.82, 2.24) is 29.9 Å². The first-order chi connectivity index (χ1) is 29.5. The lowest BCUT2D eigenvalue weighted by atomic mass is 10.00. The number of anilines is 8. The van der Waals surface area contributed by atoms with E-state index < -0.39 is 11.1 Å². The largest absolute Gasteiger partial charge is 0.324 e. The highest BCUT2D eigenvalue weighted by molar-refractivity contribution is 7.79. The Morgan fingerprint density at radius 1 is 0.383 bits per heavy atom. The summed E-state index contributed by atoms with van der Waals surface area (Å²) in [6, 6.07) is 53.5. The second kappa shape index (κ2) is 19.4. The van der Waals surface area contributed by atoms with E-state index >= 15 is 0 Å². The molecule has 0 aliphatic carbocycles. The van der Waals surface area contributed by atoms with E-state index in [2.05, 4.69) is 84.8 Å². The van der Waals surface area contributed by atoms with Gasteiger partial charge in [0.25, 0.3) is 0 Å². The Bertz CT molecular complexity index is 2590. The molecule has 298 valence electrons. The van der Waals surface area contributed by atoms with Crippen LogP contribution in [-0.2, 0) is 43.2 Å². The van der Waals surface area contributed by atoms with Gasteiger partial charge in [0.2, 0.25) is 23.8 Å². The van der Waals surface area contributed by atoms with Gasteiger partial charge in [-0.1, -0.05) is 115 Å². The third kappa shape index (κ3) is 11.2. The molecule has 0 fully saturated rings. The molecule has 12 nitrogen and oxygen atoms in total. The number of hydrogen-bond acceptors (Lipinski definition) is 11. The van der Waals surface area contributed by atoms with Crippen LogP contribution in [-0.4, -0.2) is 38.7 Å². The molecule has 6 aromatic carbocycles. The fraction of sp³-hybridized carbons (Fsp3) is 0.106. The Hall–Kier alpha value is -7.35. The molecule has 5 N–H and O–H groups in total. The minimum absolute atomic E-state index is 0.238. The average molecular weight is 811 g/mol. The molecule has 0 amide bonds. The molecule has 1 atom stereocenters. The number of aromatic nitrogens is 6. The van der Waals surface area contributed by atoms with Gasteiger partial charge in [-0.05, 0) is 90.0 Å². The van der Waals surface area contributed by atoms with Crippen LogP contribution in [0.1, 0.15) is 33.9 Å². The van der Waals surface area contributed by atoms with Crippen molar-refractivity contribution in [2.24, 2.45) is 0 Å². The third-order valence-electron chi connectivity index (χ3n) is 9.50. The molecular formula is C47H42N10O2S. The Morgan fingerprint density at radius 2 is 0.733 bits per heavy atom. The number of nitrogens with zero attached hydrogens (tertiary/aromatic N) is 6. The minimum atomic E-state index is -2.18. The standard InChI is InChI=1S/C47H42N10O2S/c58-60(59)41-19-11-10-18-40(41)51-47-55-43(54-46(57-47)50-39-16-8-3-9-17-39)31-29-34-22-26-36(27-23-34)32-35-24-20-33(21-25-35)28-30-42-52-44(48-37-12-4-1-5-13-37)56-45(53-42)49-38-14-6-2-7-15-38/h1-27H,28-32H2,(H,58,59)(H2,48,49,52,53,56)(H2,50,51,54,55,57). The molecule has 2 aromatic heterocycles. The zero-order valence-corrected chi connectivity index (χ0v) is 33.4. The summed E-state index contributed by atoms with van der Waals surface area (Å²) in [5, 5.41) is 13.0. The normalized spacial score (nSPS) is 11.4. The van der Waals surface area contributed by atoms with E-state index in [-0.39, 0.29) is 10.8 Å². The van der Waals surface area contributed by atoms with Crippen LogP contribution in [0.4, 0.5) is 46.5 Å². The molecule has 60 heavy (non-hydrogen) atoms. The highest BCUT2D eigenvalue weighted by atomic mass is 32.2. The van der Waals surface area contributed by atoms with Crippen LogP contribution in [0.15, 0.2) is 169 Å². The van der Waals surface area contributed by atoms with Crippen molar-refractivity contribution in [1.29, 1.82) is 0 Å². The summed E-state index contributed by atoms with van der Waals surface area (Å²) in [4.78, 5) is 28.3. The van der Waals surface area contributed by atoms with Gasteiger partial charge in [0, 0.05) is 29.9 Å². The lowest BCUT2D eigenvalue weighted by molar-refractivity contribution is 0.565. The SMILES string of the molecule is O=S(O)c1ccccc1Nc1nc(CCc2ccc(Cc3ccc(CCc4nc(Nc5ccccc5)nc(Nc5ccccc5)n4)cc3)cc2)nc(Nc2ccccc2)n1. The summed E-state index contributed by atoms with van der Waals surface area (Å²) < 4.78 is 21.8. The number of rotatable bonds is 17. The Labute approximate surface area is 351 Å². The monoisotopic (exact) mass is 810 g/mol. The number of benzene rings is 6. The summed E-state index contributed by atoms with van der Waals surface area (Å²) in [5.41, 5.74) is 7.90. The second-order valence-electron chi connectivity index (χ2n) is 14.0. The molecule has 0 aliphatic rings. The van der Waals surface area contributed by atoms with Crippen LogP contribution >= 0.6 is 0 Å². The van der Waals surface area contributed by atoms with Crippen molar-refractivity contribution in [2.75, 3.05) is 21.3 Å². The number of para-hydroxylation sites is 4. The van der Waals surface area contributed by atoms with Crippen molar-refractivity contribution in [3.8, 4) is 0 Å². The van der Waals surface area contributed by atoms with Crippen LogP contribution in [0.5, 0.6) is 0 Å². The maximum absolute atomic E-state index is 12.0. The lowest BCUT2D eigenvalue weighted by Gasteiger charge is -2.12. The first-order valence-corrected chi connectivity index (χ1v) is 20.7. The zero-order valence-electron chi connectivity index (χ0n) is 32.6. The van der Waals surface area contributed by atoms with Crippen molar-refractivity contribution >= 4 is 57.6 Å². The highest BCUT2D eigenvalue weighted by Crippen LogP contribution is 2.24. The van der Waals surface area contributed by atoms with Gasteiger partial charge in [0.15, 0.2) is 11.1 Å². The lowest BCUT2D eigenvalue weighted by Crippen LogP contribution is -2.09. The van der Waals surface area contributed by atoms with E-state index in [0.717, 1.165) is 41.9 Å². The van der Waals surface area contributed by atoms with Gasteiger partial charge in [0.1, 0.15) is 11.6 Å². The van der Waals surface area contributed by atoms with Gasteiger partial charge in [-0.3, -0.25) is 0 Å². The van der Waals surface area contributed by atoms with Gasteiger partial charge in [-0.2, -0.15) is 29.9 Å². The summed E-state index contributed by atoms with van der Waals surface area (Å²) in [5.74, 6) is 2.92. The predicted molar refractivity (Wildman–Crippen MR) is 238 cm³/mol. The van der Waals surface area contributed by atoms with Crippen LogP contribution in [0.2, 0.25) is 0 Å². The van der Waals surface area contributed by atoms with Crippen LogP contribution in [0.3, 0.4) is 0 Å². The second-order valence-corrected chi connectivity index (χ2v) is 14.9. The first-order valence-electron chi connectivity index (χ1n) is 19.6. The van der Waals surface area contributed by atoms with Crippen LogP contribution in [0.25, 0.3) is 0 Å². The smallest absolute Gasteiger partial charge is 0.232 e. The maximum atomic E-state index is 12.0. The van der Waals surface area contributed by atoms with Crippen molar-refractivity contribution < 1.29 is 8.76 Å². The minimum Gasteiger partial charge on any atom is -0.324 e. The third-order valence-corrected chi connectivity index (χ3v) is 10.2. The fourth-order valence-electron chi connectivity index (χ4n) is 6.48. The highest BCUT2D eigenvalue weighted by Gasteiger charge is 2.13. The van der Waals surface area contributed by atoms with Crippen molar-refractivity contribution in [3.05, 3.63) is 198 Å². The molecule has 13 heteroatoms. The molecule has 0 bridgehead atoms. The quantitative estimate of drug-likeness (QED) is 0.0555. The average Bonchev–Trinajstić information content (AvgIpc) is 3.27.